The lowest BCUT2D eigenvalue weighted by molar-refractivity contribution is -0.137. The number of alkyl halides is 3. The first-order valence-corrected chi connectivity index (χ1v) is 7.79. The van der Waals surface area contributed by atoms with E-state index in [-0.39, 0.29) is 5.41 Å². The van der Waals surface area contributed by atoms with Gasteiger partial charge in [0.15, 0.2) is 0 Å². The molecule has 21 heavy (non-hydrogen) atoms. The third kappa shape index (κ3) is 2.65. The maximum atomic E-state index is 12.8. The lowest BCUT2D eigenvalue weighted by Gasteiger charge is -2.36. The molecule has 1 nitrogen and oxygen atoms in total. The van der Waals surface area contributed by atoms with Crippen molar-refractivity contribution in [3.8, 4) is 5.75 Å². The fourth-order valence-corrected chi connectivity index (χ4v) is 3.89. The summed E-state index contributed by atoms with van der Waals surface area (Å²) in [5.74, 6) is 1.22. The van der Waals surface area contributed by atoms with Gasteiger partial charge >= 0.3 is 6.18 Å². The summed E-state index contributed by atoms with van der Waals surface area (Å²) in [6.07, 6.45) is 2.57. The summed E-state index contributed by atoms with van der Waals surface area (Å²) in [6.45, 7) is 2.75. The van der Waals surface area contributed by atoms with Gasteiger partial charge in [-0.15, -0.1) is 0 Å². The van der Waals surface area contributed by atoms with Crippen LogP contribution in [0.25, 0.3) is 0 Å². The topological polar surface area (TPSA) is 9.23 Å². The maximum absolute atomic E-state index is 12.8. The maximum Gasteiger partial charge on any atom is 0.416 e. The van der Waals surface area contributed by atoms with Crippen LogP contribution in [0, 0.1) is 5.92 Å². The predicted octanol–water partition coefficient (Wildman–Crippen LogP) is 5.33. The van der Waals surface area contributed by atoms with E-state index in [1.807, 2.05) is 0 Å². The van der Waals surface area contributed by atoms with Gasteiger partial charge in [0.2, 0.25) is 0 Å². The predicted molar refractivity (Wildman–Crippen MR) is 75.5 cm³/mol. The van der Waals surface area contributed by atoms with E-state index < -0.39 is 11.7 Å². The largest absolute Gasteiger partial charge is 0.492 e. The van der Waals surface area contributed by atoms with Crippen LogP contribution in [-0.2, 0) is 11.6 Å². The van der Waals surface area contributed by atoms with Gasteiger partial charge < -0.3 is 4.74 Å². The van der Waals surface area contributed by atoms with E-state index in [0.717, 1.165) is 37.2 Å². The van der Waals surface area contributed by atoms with Crippen molar-refractivity contribution in [2.75, 3.05) is 6.61 Å². The van der Waals surface area contributed by atoms with Crippen molar-refractivity contribution in [3.05, 3.63) is 29.3 Å². The van der Waals surface area contributed by atoms with Crippen molar-refractivity contribution in [3.63, 3.8) is 0 Å². The normalized spacial score (nSPS) is 28.5. The van der Waals surface area contributed by atoms with Crippen LogP contribution in [0.3, 0.4) is 0 Å². The first kappa shape index (κ1) is 14.7. The van der Waals surface area contributed by atoms with Crippen molar-refractivity contribution in [1.29, 1.82) is 0 Å². The Morgan fingerprint density at radius 1 is 1.24 bits per heavy atom. The molecule has 116 valence electrons. The van der Waals surface area contributed by atoms with Gasteiger partial charge in [0.05, 0.1) is 12.2 Å². The van der Waals surface area contributed by atoms with E-state index in [0.29, 0.717) is 12.4 Å². The SMILES string of the molecule is CCCC1CCC2(CC1)COc1cc(C(F)(F)F)ccc12. The van der Waals surface area contributed by atoms with Crippen LogP contribution in [0.1, 0.15) is 56.6 Å². The molecule has 3 rings (SSSR count). The van der Waals surface area contributed by atoms with Crippen LogP contribution in [0.5, 0.6) is 5.75 Å². The van der Waals surface area contributed by atoms with E-state index in [2.05, 4.69) is 6.92 Å². The lowest BCUT2D eigenvalue weighted by atomic mass is 9.67. The zero-order chi connectivity index (χ0) is 15.1. The van der Waals surface area contributed by atoms with E-state index in [1.54, 1.807) is 6.07 Å². The summed E-state index contributed by atoms with van der Waals surface area (Å²) in [7, 11) is 0. The lowest BCUT2D eigenvalue weighted by Crippen LogP contribution is -2.33. The van der Waals surface area contributed by atoms with Gasteiger partial charge in [-0.05, 0) is 43.7 Å². The smallest absolute Gasteiger partial charge is 0.416 e. The zero-order valence-corrected chi connectivity index (χ0v) is 12.3. The molecule has 1 aromatic carbocycles. The molecular formula is C17H21F3O. The van der Waals surface area contributed by atoms with Crippen LogP contribution >= 0.6 is 0 Å². The van der Waals surface area contributed by atoms with Crippen molar-refractivity contribution >= 4 is 0 Å². The van der Waals surface area contributed by atoms with Crippen LogP contribution in [0.2, 0.25) is 0 Å². The molecule has 0 aromatic heterocycles. The number of fused-ring (bicyclic) bond motifs is 2. The Kier molecular flexibility index (Phi) is 3.66. The summed E-state index contributed by atoms with van der Waals surface area (Å²) >= 11 is 0. The highest BCUT2D eigenvalue weighted by Gasteiger charge is 2.44. The number of benzene rings is 1. The van der Waals surface area contributed by atoms with E-state index in [9.17, 15) is 13.2 Å². The quantitative estimate of drug-likeness (QED) is 0.717. The minimum atomic E-state index is -4.30. The summed E-state index contributed by atoms with van der Waals surface area (Å²) in [4.78, 5) is 0. The highest BCUT2D eigenvalue weighted by molar-refractivity contribution is 5.47. The average Bonchev–Trinajstić information content (AvgIpc) is 2.80. The third-order valence-electron chi connectivity index (χ3n) is 5.14. The molecule has 0 unspecified atom stereocenters. The Hall–Kier alpha value is -1.19. The zero-order valence-electron chi connectivity index (χ0n) is 12.3. The molecule has 0 bridgehead atoms. The summed E-state index contributed by atoms with van der Waals surface area (Å²) in [6, 6.07) is 4.01. The van der Waals surface area contributed by atoms with Crippen LogP contribution in [-0.4, -0.2) is 6.61 Å². The molecule has 1 aliphatic heterocycles. The van der Waals surface area contributed by atoms with Crippen molar-refractivity contribution < 1.29 is 17.9 Å². The van der Waals surface area contributed by atoms with Crippen LogP contribution in [0.15, 0.2) is 18.2 Å². The van der Waals surface area contributed by atoms with Gasteiger partial charge in [0.1, 0.15) is 5.75 Å². The number of halogens is 3. The number of hydrogen-bond acceptors (Lipinski definition) is 1. The molecule has 0 atom stereocenters. The molecule has 0 saturated heterocycles. The van der Waals surface area contributed by atoms with Gasteiger partial charge in [-0.25, -0.2) is 0 Å². The molecule has 1 aromatic rings. The summed E-state index contributed by atoms with van der Waals surface area (Å²) in [5, 5.41) is 0. The monoisotopic (exact) mass is 298 g/mol. The first-order chi connectivity index (χ1) is 9.94. The molecule has 1 aliphatic carbocycles. The van der Waals surface area contributed by atoms with Gasteiger partial charge in [-0.2, -0.15) is 13.2 Å². The molecule has 4 heteroatoms. The van der Waals surface area contributed by atoms with Gasteiger partial charge in [-0.3, -0.25) is 0 Å². The second kappa shape index (κ2) is 5.22. The van der Waals surface area contributed by atoms with E-state index in [1.165, 1.54) is 25.0 Å². The molecule has 1 saturated carbocycles. The Morgan fingerprint density at radius 2 is 1.95 bits per heavy atom. The minimum absolute atomic E-state index is 0.0380. The Balaban J connectivity index is 1.82. The molecule has 1 heterocycles. The fraction of sp³-hybridized carbons (Fsp3) is 0.647. The summed E-state index contributed by atoms with van der Waals surface area (Å²) < 4.78 is 43.9. The second-order valence-corrected chi connectivity index (χ2v) is 6.51. The average molecular weight is 298 g/mol. The molecule has 1 fully saturated rings. The van der Waals surface area contributed by atoms with E-state index in [4.69, 9.17) is 4.74 Å². The highest BCUT2D eigenvalue weighted by Crippen LogP contribution is 2.50. The van der Waals surface area contributed by atoms with Gasteiger partial charge in [-0.1, -0.05) is 25.8 Å². The van der Waals surface area contributed by atoms with Gasteiger partial charge in [0.25, 0.3) is 0 Å². The molecule has 0 N–H and O–H groups in total. The molecule has 0 amide bonds. The van der Waals surface area contributed by atoms with Crippen LogP contribution < -0.4 is 4.74 Å². The van der Waals surface area contributed by atoms with Crippen molar-refractivity contribution in [2.45, 2.75) is 57.0 Å². The minimum Gasteiger partial charge on any atom is -0.492 e. The highest BCUT2D eigenvalue weighted by atomic mass is 19.4. The Morgan fingerprint density at radius 3 is 2.57 bits per heavy atom. The van der Waals surface area contributed by atoms with Crippen molar-refractivity contribution in [2.24, 2.45) is 5.92 Å². The first-order valence-electron chi connectivity index (χ1n) is 7.79. The molecule has 1 spiro atoms. The van der Waals surface area contributed by atoms with Crippen LogP contribution in [0.4, 0.5) is 13.2 Å². The number of rotatable bonds is 2. The number of ether oxygens (including phenoxy) is 1. The second-order valence-electron chi connectivity index (χ2n) is 6.51. The van der Waals surface area contributed by atoms with Crippen molar-refractivity contribution in [1.82, 2.24) is 0 Å². The third-order valence-corrected chi connectivity index (χ3v) is 5.14. The molecule has 2 aliphatic rings. The fourth-order valence-electron chi connectivity index (χ4n) is 3.89. The summed E-state index contributed by atoms with van der Waals surface area (Å²) in [5.41, 5.74) is 0.340. The molecule has 0 radical (unpaired) electrons. The Labute approximate surface area is 123 Å². The Bertz CT molecular complexity index is 513. The molecular weight excluding hydrogens is 277 g/mol. The van der Waals surface area contributed by atoms with Gasteiger partial charge in [0, 0.05) is 11.0 Å². The number of hydrogen-bond donors (Lipinski definition) is 0. The van der Waals surface area contributed by atoms with E-state index >= 15 is 0 Å². The standard InChI is InChI=1S/C17H21F3O/c1-2-3-12-6-8-16(9-7-12)11-21-15-10-13(17(18,19)20)4-5-14(15)16/h4-5,10,12H,2-3,6-9,11H2,1H3.